The van der Waals surface area contributed by atoms with Gasteiger partial charge in [-0.05, 0) is 25.5 Å². The lowest BCUT2D eigenvalue weighted by molar-refractivity contribution is 0.339. The highest BCUT2D eigenvalue weighted by atomic mass is 16.5. The summed E-state index contributed by atoms with van der Waals surface area (Å²) in [7, 11) is 1.79. The van der Waals surface area contributed by atoms with Crippen LogP contribution in [-0.4, -0.2) is 28.6 Å². The minimum atomic E-state index is 0.595. The fraction of sp³-hybridized carbons (Fsp3) is 0.308. The van der Waals surface area contributed by atoms with Gasteiger partial charge in [-0.3, -0.25) is 4.98 Å². The largest absolute Gasteiger partial charge is 0.492 e. The molecule has 0 atom stereocenters. The molecule has 0 unspecified atom stereocenters. The number of pyridine rings is 1. The fourth-order valence-electron chi connectivity index (χ4n) is 1.65. The summed E-state index contributed by atoms with van der Waals surface area (Å²) in [6.07, 6.45) is 5.27. The maximum absolute atomic E-state index is 5.44. The molecular formula is C13H16N4O. The number of nitrogens with zero attached hydrogens (tertiary/aromatic N) is 3. The van der Waals surface area contributed by atoms with E-state index in [1.807, 2.05) is 19.9 Å². The minimum absolute atomic E-state index is 0.595. The van der Waals surface area contributed by atoms with E-state index in [-0.39, 0.29) is 0 Å². The van der Waals surface area contributed by atoms with Gasteiger partial charge in [-0.25, -0.2) is 9.97 Å². The van der Waals surface area contributed by atoms with E-state index in [1.54, 1.807) is 25.6 Å². The van der Waals surface area contributed by atoms with E-state index in [2.05, 4.69) is 20.3 Å². The van der Waals surface area contributed by atoms with Crippen LogP contribution in [-0.2, 0) is 0 Å². The number of ether oxygens (including phenoxy) is 1. The monoisotopic (exact) mass is 244 g/mol. The first-order chi connectivity index (χ1) is 8.74. The van der Waals surface area contributed by atoms with Crippen molar-refractivity contribution in [2.45, 2.75) is 13.8 Å². The van der Waals surface area contributed by atoms with Crippen LogP contribution in [0.4, 0.5) is 5.95 Å². The number of hydrogen-bond acceptors (Lipinski definition) is 5. The number of hydrogen-bond donors (Lipinski definition) is 1. The lowest BCUT2D eigenvalue weighted by atomic mass is 10.1. The van der Waals surface area contributed by atoms with Crippen molar-refractivity contribution < 1.29 is 4.74 Å². The summed E-state index contributed by atoms with van der Waals surface area (Å²) in [6.45, 7) is 4.54. The number of rotatable bonds is 4. The van der Waals surface area contributed by atoms with Crippen LogP contribution in [0.1, 0.15) is 12.5 Å². The Morgan fingerprint density at radius 3 is 2.83 bits per heavy atom. The summed E-state index contributed by atoms with van der Waals surface area (Å²) >= 11 is 0. The van der Waals surface area contributed by atoms with Gasteiger partial charge in [-0.15, -0.1) is 0 Å². The molecule has 5 heteroatoms. The lowest BCUT2D eigenvalue weighted by Gasteiger charge is -2.08. The van der Waals surface area contributed by atoms with E-state index in [9.17, 15) is 0 Å². The molecule has 0 aliphatic rings. The molecular weight excluding hydrogens is 228 g/mol. The first-order valence-corrected chi connectivity index (χ1v) is 5.84. The van der Waals surface area contributed by atoms with Crippen molar-refractivity contribution in [3.05, 3.63) is 30.2 Å². The highest BCUT2D eigenvalue weighted by Crippen LogP contribution is 2.24. The smallest absolute Gasteiger partial charge is 0.222 e. The van der Waals surface area contributed by atoms with Gasteiger partial charge in [0.05, 0.1) is 18.5 Å². The van der Waals surface area contributed by atoms with Crippen molar-refractivity contribution in [1.29, 1.82) is 0 Å². The molecule has 2 aromatic rings. The Labute approximate surface area is 106 Å². The van der Waals surface area contributed by atoms with E-state index < -0.39 is 0 Å². The summed E-state index contributed by atoms with van der Waals surface area (Å²) in [5, 5.41) is 2.93. The summed E-state index contributed by atoms with van der Waals surface area (Å²) in [5.74, 6) is 1.34. The third-order valence-electron chi connectivity index (χ3n) is 2.49. The molecule has 5 nitrogen and oxygen atoms in total. The lowest BCUT2D eigenvalue weighted by Crippen LogP contribution is -2.00. The molecule has 0 saturated heterocycles. The molecule has 0 aliphatic heterocycles. The summed E-state index contributed by atoms with van der Waals surface area (Å²) in [4.78, 5) is 12.8. The van der Waals surface area contributed by atoms with Gasteiger partial charge in [-0.1, -0.05) is 0 Å². The Morgan fingerprint density at radius 2 is 2.11 bits per heavy atom. The maximum atomic E-state index is 5.44. The van der Waals surface area contributed by atoms with Gasteiger partial charge in [0.1, 0.15) is 5.75 Å². The van der Waals surface area contributed by atoms with Gasteiger partial charge in [0, 0.05) is 25.0 Å². The second kappa shape index (κ2) is 5.44. The third-order valence-corrected chi connectivity index (χ3v) is 2.49. The van der Waals surface area contributed by atoms with Gasteiger partial charge >= 0.3 is 0 Å². The zero-order valence-corrected chi connectivity index (χ0v) is 10.8. The zero-order chi connectivity index (χ0) is 13.0. The quantitative estimate of drug-likeness (QED) is 0.894. The molecule has 0 saturated carbocycles. The van der Waals surface area contributed by atoms with E-state index >= 15 is 0 Å². The van der Waals surface area contributed by atoms with Crippen LogP contribution in [0, 0.1) is 6.92 Å². The first kappa shape index (κ1) is 12.3. The SMILES string of the molecule is CCOc1cncc(-c2nc(NC)ncc2C)c1. The summed E-state index contributed by atoms with van der Waals surface area (Å²) in [5.41, 5.74) is 2.80. The zero-order valence-electron chi connectivity index (χ0n) is 10.8. The van der Waals surface area contributed by atoms with Crippen LogP contribution >= 0.6 is 0 Å². The standard InChI is InChI=1S/C13H16N4O/c1-4-18-11-5-10(7-15-8-11)12-9(2)6-16-13(14-3)17-12/h5-8H,4H2,1-3H3,(H,14,16,17). The number of aromatic nitrogens is 3. The minimum Gasteiger partial charge on any atom is -0.492 e. The molecule has 0 radical (unpaired) electrons. The van der Waals surface area contributed by atoms with Crippen LogP contribution in [0.25, 0.3) is 11.3 Å². The molecule has 0 aromatic carbocycles. The van der Waals surface area contributed by atoms with Crippen molar-refractivity contribution in [2.24, 2.45) is 0 Å². The molecule has 2 heterocycles. The van der Waals surface area contributed by atoms with Crippen LogP contribution in [0.15, 0.2) is 24.7 Å². The van der Waals surface area contributed by atoms with Gasteiger partial charge in [0.2, 0.25) is 5.95 Å². The second-order valence-electron chi connectivity index (χ2n) is 3.82. The first-order valence-electron chi connectivity index (χ1n) is 5.84. The van der Waals surface area contributed by atoms with Crippen LogP contribution in [0.2, 0.25) is 0 Å². The normalized spacial score (nSPS) is 10.2. The van der Waals surface area contributed by atoms with Gasteiger partial charge in [0.15, 0.2) is 0 Å². The number of aryl methyl sites for hydroxylation is 1. The highest BCUT2D eigenvalue weighted by molar-refractivity contribution is 5.64. The maximum Gasteiger partial charge on any atom is 0.222 e. The molecule has 0 spiro atoms. The molecule has 2 rings (SSSR count). The second-order valence-corrected chi connectivity index (χ2v) is 3.82. The van der Waals surface area contributed by atoms with Crippen molar-refractivity contribution in [3.8, 4) is 17.0 Å². The molecule has 18 heavy (non-hydrogen) atoms. The van der Waals surface area contributed by atoms with Gasteiger partial charge in [-0.2, -0.15) is 0 Å². The molecule has 1 N–H and O–H groups in total. The van der Waals surface area contributed by atoms with Crippen LogP contribution in [0.3, 0.4) is 0 Å². The molecule has 94 valence electrons. The van der Waals surface area contributed by atoms with Crippen LogP contribution < -0.4 is 10.1 Å². The molecule has 0 fully saturated rings. The predicted octanol–water partition coefficient (Wildman–Crippen LogP) is 2.29. The Morgan fingerprint density at radius 1 is 1.28 bits per heavy atom. The predicted molar refractivity (Wildman–Crippen MR) is 70.7 cm³/mol. The fourth-order valence-corrected chi connectivity index (χ4v) is 1.65. The average Bonchev–Trinajstić information content (AvgIpc) is 2.40. The molecule has 2 aromatic heterocycles. The van der Waals surface area contributed by atoms with Crippen molar-refractivity contribution in [2.75, 3.05) is 19.0 Å². The number of nitrogens with one attached hydrogen (secondary N) is 1. The third kappa shape index (κ3) is 2.56. The Balaban J connectivity index is 2.44. The van der Waals surface area contributed by atoms with E-state index in [0.717, 1.165) is 22.6 Å². The van der Waals surface area contributed by atoms with Crippen molar-refractivity contribution in [3.63, 3.8) is 0 Å². The van der Waals surface area contributed by atoms with E-state index in [0.29, 0.717) is 12.6 Å². The van der Waals surface area contributed by atoms with Gasteiger partial charge in [0.25, 0.3) is 0 Å². The summed E-state index contributed by atoms with van der Waals surface area (Å²) < 4.78 is 5.44. The topological polar surface area (TPSA) is 59.9 Å². The highest BCUT2D eigenvalue weighted by Gasteiger charge is 2.07. The Bertz CT molecular complexity index is 542. The van der Waals surface area contributed by atoms with Crippen LogP contribution in [0.5, 0.6) is 5.75 Å². The molecule has 0 aliphatic carbocycles. The average molecular weight is 244 g/mol. The Kier molecular flexibility index (Phi) is 3.72. The number of anilines is 1. The van der Waals surface area contributed by atoms with Crippen molar-refractivity contribution in [1.82, 2.24) is 15.0 Å². The summed E-state index contributed by atoms with van der Waals surface area (Å²) in [6, 6.07) is 1.94. The Hall–Kier alpha value is -2.17. The van der Waals surface area contributed by atoms with Gasteiger partial charge < -0.3 is 10.1 Å². The van der Waals surface area contributed by atoms with E-state index in [1.165, 1.54) is 0 Å². The molecule has 0 amide bonds. The van der Waals surface area contributed by atoms with Crippen molar-refractivity contribution >= 4 is 5.95 Å². The van der Waals surface area contributed by atoms with E-state index in [4.69, 9.17) is 4.74 Å². The molecule has 0 bridgehead atoms.